The van der Waals surface area contributed by atoms with Gasteiger partial charge in [-0.1, -0.05) is 0 Å². The number of thiophene rings is 1. The van der Waals surface area contributed by atoms with Crippen LogP contribution in [0.3, 0.4) is 0 Å². The second-order valence-electron chi connectivity index (χ2n) is 5.90. The van der Waals surface area contributed by atoms with Crippen LogP contribution in [0.15, 0.2) is 16.8 Å². The summed E-state index contributed by atoms with van der Waals surface area (Å²) in [5.74, 6) is 0. The van der Waals surface area contributed by atoms with Crippen molar-refractivity contribution in [3.63, 3.8) is 0 Å². The molecular weight excluding hydrogens is 260 g/mol. The Balaban J connectivity index is 1.77. The van der Waals surface area contributed by atoms with Crippen LogP contribution in [0.25, 0.3) is 0 Å². The van der Waals surface area contributed by atoms with Crippen LogP contribution in [0.4, 0.5) is 10.5 Å². The highest BCUT2D eigenvalue weighted by molar-refractivity contribution is 7.08. The van der Waals surface area contributed by atoms with Crippen molar-refractivity contribution in [1.29, 1.82) is 0 Å². The Morgan fingerprint density at radius 1 is 1.42 bits per heavy atom. The minimum atomic E-state index is -0.414. The van der Waals surface area contributed by atoms with Crippen molar-refractivity contribution in [3.05, 3.63) is 16.8 Å². The third-order valence-electron chi connectivity index (χ3n) is 3.04. The Bertz CT molecular complexity index is 404. The van der Waals surface area contributed by atoms with E-state index in [0.717, 1.165) is 25.9 Å². The average molecular weight is 282 g/mol. The van der Waals surface area contributed by atoms with Crippen LogP contribution in [-0.2, 0) is 4.74 Å². The topological polar surface area (TPSA) is 41.6 Å². The normalized spacial score (nSPS) is 17.3. The number of carbonyl (C=O) groups is 1. The number of rotatable bonds is 2. The predicted molar refractivity (Wildman–Crippen MR) is 78.8 cm³/mol. The van der Waals surface area contributed by atoms with Gasteiger partial charge in [-0.2, -0.15) is 11.3 Å². The Labute approximate surface area is 118 Å². The van der Waals surface area contributed by atoms with Crippen molar-refractivity contribution < 1.29 is 9.53 Å². The van der Waals surface area contributed by atoms with Gasteiger partial charge in [-0.15, -0.1) is 0 Å². The molecule has 0 radical (unpaired) electrons. The van der Waals surface area contributed by atoms with Crippen molar-refractivity contribution >= 4 is 23.1 Å². The van der Waals surface area contributed by atoms with E-state index in [1.165, 1.54) is 5.69 Å². The van der Waals surface area contributed by atoms with Crippen molar-refractivity contribution in [2.75, 3.05) is 18.4 Å². The second kappa shape index (κ2) is 5.82. The van der Waals surface area contributed by atoms with Crippen LogP contribution in [0, 0.1) is 0 Å². The van der Waals surface area contributed by atoms with Gasteiger partial charge in [0.25, 0.3) is 0 Å². The van der Waals surface area contributed by atoms with Gasteiger partial charge in [-0.3, -0.25) is 0 Å². The number of hydrogen-bond acceptors (Lipinski definition) is 4. The van der Waals surface area contributed by atoms with Crippen molar-refractivity contribution in [3.8, 4) is 0 Å². The minimum Gasteiger partial charge on any atom is -0.444 e. The van der Waals surface area contributed by atoms with E-state index in [1.54, 1.807) is 16.2 Å². The van der Waals surface area contributed by atoms with Gasteiger partial charge in [0.1, 0.15) is 5.60 Å². The number of amides is 1. The van der Waals surface area contributed by atoms with Crippen LogP contribution in [0.5, 0.6) is 0 Å². The fourth-order valence-electron chi connectivity index (χ4n) is 2.12. The number of carbonyl (C=O) groups excluding carboxylic acids is 1. The third kappa shape index (κ3) is 4.42. The number of nitrogens with one attached hydrogen (secondary N) is 1. The Kier molecular flexibility index (Phi) is 4.34. The Morgan fingerprint density at radius 3 is 2.63 bits per heavy atom. The molecule has 1 aliphatic rings. The van der Waals surface area contributed by atoms with E-state index in [1.807, 2.05) is 20.8 Å². The number of ether oxygens (including phenoxy) is 1. The predicted octanol–water partition coefficient (Wildman–Crippen LogP) is 3.56. The van der Waals surface area contributed by atoms with E-state index in [-0.39, 0.29) is 6.09 Å². The summed E-state index contributed by atoms with van der Waals surface area (Å²) in [6, 6.07) is 2.54. The molecule has 2 rings (SSSR count). The highest BCUT2D eigenvalue weighted by Gasteiger charge is 2.26. The van der Waals surface area contributed by atoms with E-state index < -0.39 is 5.60 Å². The smallest absolute Gasteiger partial charge is 0.410 e. The number of hydrogen-bond donors (Lipinski definition) is 1. The van der Waals surface area contributed by atoms with E-state index in [2.05, 4.69) is 22.1 Å². The second-order valence-corrected chi connectivity index (χ2v) is 6.68. The van der Waals surface area contributed by atoms with Crippen LogP contribution in [0.2, 0.25) is 0 Å². The summed E-state index contributed by atoms with van der Waals surface area (Å²) in [4.78, 5) is 13.7. The van der Waals surface area contributed by atoms with Crippen molar-refractivity contribution in [2.24, 2.45) is 0 Å². The lowest BCUT2D eigenvalue weighted by atomic mass is 10.1. The van der Waals surface area contributed by atoms with E-state index in [9.17, 15) is 4.79 Å². The van der Waals surface area contributed by atoms with E-state index in [0.29, 0.717) is 6.04 Å². The molecule has 0 aromatic carbocycles. The van der Waals surface area contributed by atoms with Gasteiger partial charge in [0, 0.05) is 30.2 Å². The summed E-state index contributed by atoms with van der Waals surface area (Å²) < 4.78 is 5.39. The molecule has 1 amide bonds. The van der Waals surface area contributed by atoms with Gasteiger partial charge < -0.3 is 15.0 Å². The quantitative estimate of drug-likeness (QED) is 0.901. The first-order valence-corrected chi connectivity index (χ1v) is 7.65. The fraction of sp³-hybridized carbons (Fsp3) is 0.643. The van der Waals surface area contributed by atoms with Gasteiger partial charge in [0.05, 0.1) is 0 Å². The lowest BCUT2D eigenvalue weighted by Crippen LogP contribution is -2.44. The van der Waals surface area contributed by atoms with Gasteiger partial charge in [-0.05, 0) is 45.1 Å². The summed E-state index contributed by atoms with van der Waals surface area (Å²) in [7, 11) is 0. The molecule has 0 spiro atoms. The molecular formula is C14H22N2O2S. The molecule has 0 saturated carbocycles. The zero-order valence-corrected chi connectivity index (χ0v) is 12.6. The van der Waals surface area contributed by atoms with Crippen LogP contribution in [0.1, 0.15) is 33.6 Å². The average Bonchev–Trinajstić information content (AvgIpc) is 2.80. The number of nitrogens with zero attached hydrogens (tertiary/aromatic N) is 1. The molecule has 1 aliphatic heterocycles. The van der Waals surface area contributed by atoms with Crippen LogP contribution >= 0.6 is 11.3 Å². The molecule has 1 saturated heterocycles. The van der Waals surface area contributed by atoms with Crippen molar-refractivity contribution in [1.82, 2.24) is 4.90 Å². The molecule has 1 N–H and O–H groups in total. The maximum atomic E-state index is 11.9. The lowest BCUT2D eigenvalue weighted by molar-refractivity contribution is 0.0210. The largest absolute Gasteiger partial charge is 0.444 e. The monoisotopic (exact) mass is 282 g/mol. The molecule has 1 aromatic rings. The van der Waals surface area contributed by atoms with Crippen LogP contribution < -0.4 is 5.32 Å². The van der Waals surface area contributed by atoms with Gasteiger partial charge in [-0.25, -0.2) is 4.79 Å². The Hall–Kier alpha value is -1.23. The van der Waals surface area contributed by atoms with E-state index in [4.69, 9.17) is 4.74 Å². The Morgan fingerprint density at radius 2 is 2.11 bits per heavy atom. The summed E-state index contributed by atoms with van der Waals surface area (Å²) in [6.45, 7) is 7.22. The van der Waals surface area contributed by atoms with Crippen LogP contribution in [-0.4, -0.2) is 35.7 Å². The first kappa shape index (κ1) is 14.2. The van der Waals surface area contributed by atoms with E-state index >= 15 is 0 Å². The number of piperidine rings is 1. The van der Waals surface area contributed by atoms with Gasteiger partial charge >= 0.3 is 6.09 Å². The molecule has 0 atom stereocenters. The third-order valence-corrected chi connectivity index (χ3v) is 3.72. The molecule has 4 nitrogen and oxygen atoms in total. The maximum Gasteiger partial charge on any atom is 0.410 e. The molecule has 0 bridgehead atoms. The van der Waals surface area contributed by atoms with Crippen molar-refractivity contribution in [2.45, 2.75) is 45.3 Å². The molecule has 1 fully saturated rings. The first-order valence-electron chi connectivity index (χ1n) is 6.71. The zero-order chi connectivity index (χ0) is 13.9. The SMILES string of the molecule is CC(C)(C)OC(=O)N1CCC(Nc2ccsc2)CC1. The van der Waals surface area contributed by atoms with Gasteiger partial charge in [0.15, 0.2) is 0 Å². The molecule has 5 heteroatoms. The minimum absolute atomic E-state index is 0.193. The molecule has 106 valence electrons. The molecule has 2 heterocycles. The number of anilines is 1. The molecule has 19 heavy (non-hydrogen) atoms. The maximum absolute atomic E-state index is 11.9. The highest BCUT2D eigenvalue weighted by atomic mass is 32.1. The summed E-state index contributed by atoms with van der Waals surface area (Å²) in [5, 5.41) is 7.68. The molecule has 0 aliphatic carbocycles. The van der Waals surface area contributed by atoms with Gasteiger partial charge in [0.2, 0.25) is 0 Å². The molecule has 0 unspecified atom stereocenters. The molecule has 1 aromatic heterocycles. The fourth-order valence-corrected chi connectivity index (χ4v) is 2.71. The number of likely N-dealkylation sites (tertiary alicyclic amines) is 1. The standard InChI is InChI=1S/C14H22N2O2S/c1-14(2,3)18-13(17)16-7-4-11(5-8-16)15-12-6-9-19-10-12/h6,9-11,15H,4-5,7-8H2,1-3H3. The first-order chi connectivity index (χ1) is 8.94. The zero-order valence-electron chi connectivity index (χ0n) is 11.8. The lowest BCUT2D eigenvalue weighted by Gasteiger charge is -2.33. The highest BCUT2D eigenvalue weighted by Crippen LogP contribution is 2.20. The summed E-state index contributed by atoms with van der Waals surface area (Å²) in [6.07, 6.45) is 1.74. The summed E-state index contributed by atoms with van der Waals surface area (Å²) in [5.41, 5.74) is 0.767. The summed E-state index contributed by atoms with van der Waals surface area (Å²) >= 11 is 1.69.